The maximum atomic E-state index is 5.20. The molecule has 0 bridgehead atoms. The third kappa shape index (κ3) is 2.09. The molecule has 2 rings (SSSR count). The smallest absolute Gasteiger partial charge is 0.105 e. The van der Waals surface area contributed by atoms with Gasteiger partial charge in [0.2, 0.25) is 0 Å². The van der Waals surface area contributed by atoms with Crippen molar-refractivity contribution in [2.45, 2.75) is 25.3 Å². The summed E-state index contributed by atoms with van der Waals surface area (Å²) >= 11 is 0. The highest BCUT2D eigenvalue weighted by Crippen LogP contribution is 2.18. The van der Waals surface area contributed by atoms with Gasteiger partial charge in [0.15, 0.2) is 0 Å². The Kier molecular flexibility index (Phi) is 1.95. The third-order valence-electron chi connectivity index (χ3n) is 1.96. The average Bonchev–Trinajstić information content (AvgIpc) is 2.66. The van der Waals surface area contributed by atoms with Gasteiger partial charge in [-0.1, -0.05) is 0 Å². The number of furan rings is 1. The van der Waals surface area contributed by atoms with Gasteiger partial charge in [0.25, 0.3) is 0 Å². The summed E-state index contributed by atoms with van der Waals surface area (Å²) in [5, 5.41) is 3.43. The molecule has 2 heteroatoms. The van der Waals surface area contributed by atoms with E-state index in [1.54, 1.807) is 6.26 Å². The Morgan fingerprint density at radius 1 is 1.55 bits per heavy atom. The van der Waals surface area contributed by atoms with E-state index in [0.29, 0.717) is 0 Å². The molecule has 0 amide bonds. The van der Waals surface area contributed by atoms with E-state index in [4.69, 9.17) is 4.42 Å². The fourth-order valence-corrected chi connectivity index (χ4v) is 1.14. The van der Waals surface area contributed by atoms with Gasteiger partial charge in [-0.15, -0.1) is 0 Å². The lowest BCUT2D eigenvalue weighted by Crippen LogP contribution is -2.18. The van der Waals surface area contributed by atoms with E-state index in [2.05, 4.69) is 5.32 Å². The third-order valence-corrected chi connectivity index (χ3v) is 1.96. The lowest BCUT2D eigenvalue weighted by Gasteiger charge is -1.98. The Labute approximate surface area is 66.6 Å². The van der Waals surface area contributed by atoms with Crippen LogP contribution < -0.4 is 5.32 Å². The molecule has 1 N–H and O–H groups in total. The van der Waals surface area contributed by atoms with Crippen molar-refractivity contribution in [1.29, 1.82) is 0 Å². The Balaban J connectivity index is 1.66. The summed E-state index contributed by atoms with van der Waals surface area (Å²) in [6.45, 7) is 1.05. The SMILES string of the molecule is c1coc(CCNC2CC2)c1. The van der Waals surface area contributed by atoms with Crippen molar-refractivity contribution in [2.24, 2.45) is 0 Å². The Morgan fingerprint density at radius 3 is 3.09 bits per heavy atom. The van der Waals surface area contributed by atoms with E-state index in [-0.39, 0.29) is 0 Å². The highest BCUT2D eigenvalue weighted by molar-refractivity contribution is 4.98. The molecule has 0 aromatic carbocycles. The van der Waals surface area contributed by atoms with Gasteiger partial charge in [-0.25, -0.2) is 0 Å². The van der Waals surface area contributed by atoms with Crippen molar-refractivity contribution >= 4 is 0 Å². The van der Waals surface area contributed by atoms with Crippen LogP contribution >= 0.6 is 0 Å². The van der Waals surface area contributed by atoms with Crippen LogP contribution in [0.4, 0.5) is 0 Å². The number of rotatable bonds is 4. The van der Waals surface area contributed by atoms with Gasteiger partial charge in [0.05, 0.1) is 6.26 Å². The molecule has 0 radical (unpaired) electrons. The van der Waals surface area contributed by atoms with Gasteiger partial charge in [-0.3, -0.25) is 0 Å². The Morgan fingerprint density at radius 2 is 2.45 bits per heavy atom. The minimum absolute atomic E-state index is 0.810. The molecule has 0 unspecified atom stereocenters. The minimum atomic E-state index is 0.810. The molecular weight excluding hydrogens is 138 g/mol. The summed E-state index contributed by atoms with van der Waals surface area (Å²) in [4.78, 5) is 0. The molecule has 0 atom stereocenters. The monoisotopic (exact) mass is 151 g/mol. The first-order valence-corrected chi connectivity index (χ1v) is 4.21. The molecule has 1 aliphatic rings. The second-order valence-corrected chi connectivity index (χ2v) is 3.06. The van der Waals surface area contributed by atoms with Crippen LogP contribution in [-0.2, 0) is 6.42 Å². The topological polar surface area (TPSA) is 25.2 Å². The van der Waals surface area contributed by atoms with Crippen LogP contribution in [0.15, 0.2) is 22.8 Å². The molecular formula is C9H13NO. The van der Waals surface area contributed by atoms with Gasteiger partial charge in [0.1, 0.15) is 5.76 Å². The van der Waals surface area contributed by atoms with E-state index in [1.165, 1.54) is 12.8 Å². The minimum Gasteiger partial charge on any atom is -0.469 e. The van der Waals surface area contributed by atoms with Gasteiger partial charge in [-0.2, -0.15) is 0 Å². The molecule has 1 aromatic heterocycles. The fourth-order valence-electron chi connectivity index (χ4n) is 1.14. The maximum absolute atomic E-state index is 5.20. The fraction of sp³-hybridized carbons (Fsp3) is 0.556. The lowest BCUT2D eigenvalue weighted by molar-refractivity contribution is 0.498. The summed E-state index contributed by atoms with van der Waals surface area (Å²) in [6, 6.07) is 4.77. The molecule has 0 spiro atoms. The maximum Gasteiger partial charge on any atom is 0.105 e. The lowest BCUT2D eigenvalue weighted by atomic mass is 10.3. The predicted molar refractivity (Wildman–Crippen MR) is 43.4 cm³/mol. The molecule has 1 fully saturated rings. The second-order valence-electron chi connectivity index (χ2n) is 3.06. The number of nitrogens with one attached hydrogen (secondary N) is 1. The van der Waals surface area contributed by atoms with Crippen LogP contribution in [0.3, 0.4) is 0 Å². The normalized spacial score (nSPS) is 17.1. The Bertz CT molecular complexity index is 201. The summed E-state index contributed by atoms with van der Waals surface area (Å²) in [5.74, 6) is 1.08. The molecule has 11 heavy (non-hydrogen) atoms. The predicted octanol–water partition coefficient (Wildman–Crippen LogP) is 1.57. The first kappa shape index (κ1) is 6.92. The van der Waals surface area contributed by atoms with Crippen molar-refractivity contribution in [3.05, 3.63) is 24.2 Å². The van der Waals surface area contributed by atoms with Gasteiger partial charge in [-0.05, 0) is 25.0 Å². The molecule has 1 aromatic rings. The Hall–Kier alpha value is -0.760. The highest BCUT2D eigenvalue weighted by Gasteiger charge is 2.19. The zero-order valence-electron chi connectivity index (χ0n) is 6.55. The van der Waals surface area contributed by atoms with E-state index in [1.807, 2.05) is 12.1 Å². The summed E-state index contributed by atoms with van der Waals surface area (Å²) in [5.41, 5.74) is 0. The van der Waals surface area contributed by atoms with Crippen LogP contribution in [-0.4, -0.2) is 12.6 Å². The molecule has 1 aliphatic carbocycles. The molecule has 1 heterocycles. The van der Waals surface area contributed by atoms with E-state index >= 15 is 0 Å². The van der Waals surface area contributed by atoms with Crippen LogP contribution in [0.2, 0.25) is 0 Å². The zero-order chi connectivity index (χ0) is 7.52. The standard InChI is InChI=1S/C9H13NO/c1-2-9(11-7-1)5-6-10-8-3-4-8/h1-2,7-8,10H,3-6H2. The largest absolute Gasteiger partial charge is 0.469 e. The first-order valence-electron chi connectivity index (χ1n) is 4.21. The highest BCUT2D eigenvalue weighted by atomic mass is 16.3. The zero-order valence-corrected chi connectivity index (χ0v) is 6.55. The van der Waals surface area contributed by atoms with Gasteiger partial charge >= 0.3 is 0 Å². The molecule has 2 nitrogen and oxygen atoms in total. The van der Waals surface area contributed by atoms with Crippen LogP contribution in [0, 0.1) is 0 Å². The molecule has 0 aliphatic heterocycles. The summed E-state index contributed by atoms with van der Waals surface area (Å²) in [7, 11) is 0. The van der Waals surface area contributed by atoms with E-state index in [0.717, 1.165) is 24.8 Å². The van der Waals surface area contributed by atoms with Gasteiger partial charge in [0, 0.05) is 19.0 Å². The van der Waals surface area contributed by atoms with Crippen molar-refractivity contribution in [3.63, 3.8) is 0 Å². The second kappa shape index (κ2) is 3.09. The number of hydrogen-bond donors (Lipinski definition) is 1. The molecule has 60 valence electrons. The van der Waals surface area contributed by atoms with Crippen LogP contribution in [0.1, 0.15) is 18.6 Å². The van der Waals surface area contributed by atoms with Crippen molar-refractivity contribution in [3.8, 4) is 0 Å². The summed E-state index contributed by atoms with van der Waals surface area (Å²) in [6.07, 6.45) is 5.46. The van der Waals surface area contributed by atoms with E-state index < -0.39 is 0 Å². The first-order chi connectivity index (χ1) is 5.45. The summed E-state index contributed by atoms with van der Waals surface area (Å²) < 4.78 is 5.20. The van der Waals surface area contributed by atoms with Crippen LogP contribution in [0.25, 0.3) is 0 Å². The van der Waals surface area contributed by atoms with Crippen molar-refractivity contribution < 1.29 is 4.42 Å². The number of hydrogen-bond acceptors (Lipinski definition) is 2. The van der Waals surface area contributed by atoms with Gasteiger partial charge < -0.3 is 9.73 Å². The van der Waals surface area contributed by atoms with E-state index in [9.17, 15) is 0 Å². The molecule has 1 saturated carbocycles. The van der Waals surface area contributed by atoms with Crippen molar-refractivity contribution in [2.75, 3.05) is 6.54 Å². The van der Waals surface area contributed by atoms with Crippen molar-refractivity contribution in [1.82, 2.24) is 5.32 Å². The average molecular weight is 151 g/mol. The van der Waals surface area contributed by atoms with Crippen LogP contribution in [0.5, 0.6) is 0 Å². The quantitative estimate of drug-likeness (QED) is 0.706. The molecule has 0 saturated heterocycles.